The van der Waals surface area contributed by atoms with E-state index in [4.69, 9.17) is 40.5 Å². The third-order valence-electron chi connectivity index (χ3n) is 1.28. The van der Waals surface area contributed by atoms with Crippen molar-refractivity contribution in [2.45, 2.75) is 6.54 Å². The zero-order valence-corrected chi connectivity index (χ0v) is 7.76. The molecular formula is C7H5Cl3N. The molecule has 1 N–H and O–H groups in total. The molecule has 0 aliphatic rings. The molecule has 0 spiro atoms. The Bertz CT molecular complexity index is 249. The summed E-state index contributed by atoms with van der Waals surface area (Å²) in [6, 6.07) is 3.16. The molecule has 1 aromatic rings. The van der Waals surface area contributed by atoms with Crippen molar-refractivity contribution in [2.24, 2.45) is 0 Å². The van der Waals surface area contributed by atoms with Crippen LogP contribution < -0.4 is 5.73 Å². The fraction of sp³-hybridized carbons (Fsp3) is 0.143. The van der Waals surface area contributed by atoms with Crippen molar-refractivity contribution in [1.82, 2.24) is 5.73 Å². The van der Waals surface area contributed by atoms with Crippen molar-refractivity contribution in [2.75, 3.05) is 0 Å². The molecule has 0 amide bonds. The van der Waals surface area contributed by atoms with Gasteiger partial charge in [0.25, 0.3) is 0 Å². The van der Waals surface area contributed by atoms with Gasteiger partial charge >= 0.3 is 0 Å². The van der Waals surface area contributed by atoms with Crippen LogP contribution >= 0.6 is 34.8 Å². The summed E-state index contributed by atoms with van der Waals surface area (Å²) in [6.07, 6.45) is 0. The molecule has 0 saturated heterocycles. The minimum absolute atomic E-state index is 0.0782. The molecule has 0 heterocycles. The maximum Gasteiger partial charge on any atom is 0.0481 e. The van der Waals surface area contributed by atoms with Crippen molar-refractivity contribution in [3.8, 4) is 0 Å². The van der Waals surface area contributed by atoms with E-state index in [9.17, 15) is 0 Å². The normalized spacial score (nSPS) is 10.2. The van der Waals surface area contributed by atoms with E-state index in [0.717, 1.165) is 0 Å². The Kier molecular flexibility index (Phi) is 3.02. The van der Waals surface area contributed by atoms with Crippen LogP contribution in [0.4, 0.5) is 0 Å². The van der Waals surface area contributed by atoms with Gasteiger partial charge in [-0.15, -0.1) is 0 Å². The molecule has 0 saturated carbocycles. The fourth-order valence-corrected chi connectivity index (χ4v) is 1.69. The molecule has 0 fully saturated rings. The molecule has 0 aliphatic carbocycles. The summed E-state index contributed by atoms with van der Waals surface area (Å²) in [6.45, 7) is 0.0782. The lowest BCUT2D eigenvalue weighted by Crippen LogP contribution is -1.87. The second-order valence-corrected chi connectivity index (χ2v) is 3.28. The van der Waals surface area contributed by atoms with Crippen molar-refractivity contribution in [3.05, 3.63) is 32.8 Å². The first-order valence-corrected chi connectivity index (χ1v) is 4.06. The molecule has 0 atom stereocenters. The van der Waals surface area contributed by atoms with Gasteiger partial charge in [0.2, 0.25) is 0 Å². The van der Waals surface area contributed by atoms with Gasteiger partial charge in [-0.3, -0.25) is 5.73 Å². The standard InChI is InChI=1S/C7H5Cl3N/c8-4-1-6(9)5(3-11)7(10)2-4/h1-2,11H,3H2. The minimum atomic E-state index is 0.0782. The summed E-state index contributed by atoms with van der Waals surface area (Å²) in [5.41, 5.74) is 7.71. The van der Waals surface area contributed by atoms with Gasteiger partial charge in [-0.2, -0.15) is 0 Å². The Balaban J connectivity index is 3.25. The summed E-state index contributed by atoms with van der Waals surface area (Å²) in [5, 5.41) is 1.41. The highest BCUT2D eigenvalue weighted by Gasteiger charge is 2.04. The van der Waals surface area contributed by atoms with Crippen LogP contribution in [0, 0.1) is 0 Å². The predicted octanol–water partition coefficient (Wildman–Crippen LogP) is 3.43. The average Bonchev–Trinajstić information content (AvgIpc) is 1.85. The topological polar surface area (TPSA) is 23.8 Å². The van der Waals surface area contributed by atoms with Crippen LogP contribution in [0.3, 0.4) is 0 Å². The molecule has 0 bridgehead atoms. The summed E-state index contributed by atoms with van der Waals surface area (Å²) >= 11 is 17.1. The number of hydrogen-bond donors (Lipinski definition) is 0. The number of hydrogen-bond acceptors (Lipinski definition) is 0. The highest BCUT2D eigenvalue weighted by Crippen LogP contribution is 2.28. The Morgan fingerprint density at radius 1 is 1.09 bits per heavy atom. The maximum atomic E-state index is 7.08. The first-order chi connectivity index (χ1) is 5.15. The largest absolute Gasteiger partial charge is 0.253 e. The highest BCUT2D eigenvalue weighted by molar-refractivity contribution is 6.39. The van der Waals surface area contributed by atoms with Crippen LogP contribution in [0.2, 0.25) is 15.1 Å². The van der Waals surface area contributed by atoms with Gasteiger partial charge < -0.3 is 0 Å². The molecule has 0 aliphatic heterocycles. The van der Waals surface area contributed by atoms with Gasteiger partial charge in [0.05, 0.1) is 0 Å². The van der Waals surface area contributed by atoms with E-state index < -0.39 is 0 Å². The van der Waals surface area contributed by atoms with Gasteiger partial charge in [0.15, 0.2) is 0 Å². The summed E-state index contributed by atoms with van der Waals surface area (Å²) < 4.78 is 0. The highest BCUT2D eigenvalue weighted by atomic mass is 35.5. The van der Waals surface area contributed by atoms with E-state index in [1.807, 2.05) is 0 Å². The van der Waals surface area contributed by atoms with Crippen LogP contribution in [0.15, 0.2) is 12.1 Å². The molecule has 1 rings (SSSR count). The second kappa shape index (κ2) is 3.63. The van der Waals surface area contributed by atoms with Crippen LogP contribution in [0.25, 0.3) is 0 Å². The third kappa shape index (κ3) is 2.00. The van der Waals surface area contributed by atoms with Crippen LogP contribution in [-0.2, 0) is 6.54 Å². The Hall–Kier alpha value is 0.0500. The first kappa shape index (κ1) is 9.14. The van der Waals surface area contributed by atoms with E-state index in [1.54, 1.807) is 12.1 Å². The molecule has 4 heteroatoms. The Morgan fingerprint density at radius 3 is 1.91 bits per heavy atom. The molecule has 0 aromatic heterocycles. The van der Waals surface area contributed by atoms with E-state index in [0.29, 0.717) is 20.6 Å². The van der Waals surface area contributed by atoms with E-state index in [2.05, 4.69) is 0 Å². The zero-order chi connectivity index (χ0) is 8.43. The van der Waals surface area contributed by atoms with Crippen molar-refractivity contribution < 1.29 is 0 Å². The van der Waals surface area contributed by atoms with E-state index >= 15 is 0 Å². The quantitative estimate of drug-likeness (QED) is 0.677. The zero-order valence-electron chi connectivity index (χ0n) is 5.50. The molecule has 1 radical (unpaired) electrons. The molecular weight excluding hydrogens is 204 g/mol. The monoisotopic (exact) mass is 208 g/mol. The Morgan fingerprint density at radius 2 is 1.55 bits per heavy atom. The van der Waals surface area contributed by atoms with Gasteiger partial charge in [-0.25, -0.2) is 0 Å². The molecule has 1 aromatic carbocycles. The fourth-order valence-electron chi connectivity index (χ4n) is 0.741. The predicted molar refractivity (Wildman–Crippen MR) is 48.3 cm³/mol. The number of nitrogens with one attached hydrogen (secondary N) is 1. The number of rotatable bonds is 1. The Labute approximate surface area is 80.0 Å². The van der Waals surface area contributed by atoms with Crippen molar-refractivity contribution in [1.29, 1.82) is 0 Å². The van der Waals surface area contributed by atoms with Gasteiger partial charge in [-0.05, 0) is 12.1 Å². The van der Waals surface area contributed by atoms with Gasteiger partial charge in [0.1, 0.15) is 0 Å². The summed E-state index contributed by atoms with van der Waals surface area (Å²) in [7, 11) is 0. The lowest BCUT2D eigenvalue weighted by Gasteiger charge is -2.02. The number of benzene rings is 1. The first-order valence-electron chi connectivity index (χ1n) is 2.93. The lowest BCUT2D eigenvalue weighted by atomic mass is 10.2. The molecule has 59 valence electrons. The van der Waals surface area contributed by atoms with E-state index in [-0.39, 0.29) is 6.54 Å². The second-order valence-electron chi connectivity index (χ2n) is 2.02. The van der Waals surface area contributed by atoms with Gasteiger partial charge in [-0.1, -0.05) is 34.8 Å². The minimum Gasteiger partial charge on any atom is -0.253 e. The molecule has 0 unspecified atom stereocenters. The third-order valence-corrected chi connectivity index (χ3v) is 2.18. The number of halogens is 3. The molecule has 11 heavy (non-hydrogen) atoms. The van der Waals surface area contributed by atoms with Crippen molar-refractivity contribution >= 4 is 34.8 Å². The van der Waals surface area contributed by atoms with Crippen LogP contribution in [-0.4, -0.2) is 0 Å². The maximum absolute atomic E-state index is 7.08. The smallest absolute Gasteiger partial charge is 0.0481 e. The molecule has 1 nitrogen and oxygen atoms in total. The SMILES string of the molecule is [NH]Cc1c(Cl)cc(Cl)cc1Cl. The lowest BCUT2D eigenvalue weighted by molar-refractivity contribution is 1.03. The van der Waals surface area contributed by atoms with Gasteiger partial charge in [0, 0.05) is 27.2 Å². The summed E-state index contributed by atoms with van der Waals surface area (Å²) in [5.74, 6) is 0. The van der Waals surface area contributed by atoms with Crippen molar-refractivity contribution in [3.63, 3.8) is 0 Å². The van der Waals surface area contributed by atoms with Crippen LogP contribution in [0.5, 0.6) is 0 Å². The van der Waals surface area contributed by atoms with E-state index in [1.165, 1.54) is 0 Å². The summed E-state index contributed by atoms with van der Waals surface area (Å²) in [4.78, 5) is 0. The average molecular weight is 209 g/mol. The van der Waals surface area contributed by atoms with Crippen LogP contribution in [0.1, 0.15) is 5.56 Å².